The van der Waals surface area contributed by atoms with E-state index in [0.29, 0.717) is 24.3 Å². The summed E-state index contributed by atoms with van der Waals surface area (Å²) >= 11 is 0. The number of ether oxygens (including phenoxy) is 1. The summed E-state index contributed by atoms with van der Waals surface area (Å²) in [5.41, 5.74) is 6.69. The number of morpholine rings is 1. The standard InChI is InChI=1S/C15H21N3O3/c1-3-13-9-21-10(2)8-18(13)15(19)12-6-4-11(5-7-12)14(16)17-20/h4-7,10,13,20H,3,8-9H2,1-2H3,(H2,16,17). The predicted octanol–water partition coefficient (Wildman–Crippen LogP) is 1.42. The van der Waals surface area contributed by atoms with E-state index in [1.54, 1.807) is 24.3 Å². The maximum absolute atomic E-state index is 12.6. The highest BCUT2D eigenvalue weighted by atomic mass is 16.5. The van der Waals surface area contributed by atoms with Gasteiger partial charge in [0.2, 0.25) is 0 Å². The first kappa shape index (κ1) is 15.3. The minimum Gasteiger partial charge on any atom is -0.409 e. The van der Waals surface area contributed by atoms with Crippen molar-refractivity contribution in [1.82, 2.24) is 4.90 Å². The van der Waals surface area contributed by atoms with E-state index in [-0.39, 0.29) is 23.9 Å². The van der Waals surface area contributed by atoms with Gasteiger partial charge in [-0.15, -0.1) is 0 Å². The number of carbonyl (C=O) groups is 1. The molecule has 1 fully saturated rings. The zero-order valence-electron chi connectivity index (χ0n) is 12.3. The molecule has 1 saturated heterocycles. The van der Waals surface area contributed by atoms with Crippen molar-refractivity contribution in [3.63, 3.8) is 0 Å². The molecule has 1 aromatic rings. The van der Waals surface area contributed by atoms with Crippen molar-refractivity contribution in [2.45, 2.75) is 32.4 Å². The Labute approximate surface area is 124 Å². The van der Waals surface area contributed by atoms with Crippen molar-refractivity contribution in [1.29, 1.82) is 0 Å². The number of nitrogens with two attached hydrogens (primary N) is 1. The number of rotatable bonds is 3. The summed E-state index contributed by atoms with van der Waals surface area (Å²) in [5, 5.41) is 11.6. The third-order valence-corrected chi connectivity index (χ3v) is 3.74. The SMILES string of the molecule is CCC1COC(C)CN1C(=O)c1ccc(C(N)=NO)cc1. The number of oxime groups is 1. The summed E-state index contributed by atoms with van der Waals surface area (Å²) in [4.78, 5) is 14.5. The largest absolute Gasteiger partial charge is 0.409 e. The first-order valence-corrected chi connectivity index (χ1v) is 7.07. The van der Waals surface area contributed by atoms with Crippen LogP contribution in [0, 0.1) is 0 Å². The fourth-order valence-electron chi connectivity index (χ4n) is 2.44. The second-order valence-electron chi connectivity index (χ2n) is 5.23. The predicted molar refractivity (Wildman–Crippen MR) is 79.5 cm³/mol. The molecule has 0 aromatic heterocycles. The number of carbonyl (C=O) groups excluding carboxylic acids is 1. The van der Waals surface area contributed by atoms with Crippen LogP contribution in [0.2, 0.25) is 0 Å². The third kappa shape index (κ3) is 3.33. The highest BCUT2D eigenvalue weighted by Gasteiger charge is 2.29. The van der Waals surface area contributed by atoms with Gasteiger partial charge in [0.15, 0.2) is 5.84 Å². The monoisotopic (exact) mass is 291 g/mol. The van der Waals surface area contributed by atoms with Crippen LogP contribution in [-0.2, 0) is 4.74 Å². The number of amides is 1. The molecule has 21 heavy (non-hydrogen) atoms. The second kappa shape index (κ2) is 6.58. The topological polar surface area (TPSA) is 88.2 Å². The van der Waals surface area contributed by atoms with E-state index in [9.17, 15) is 4.79 Å². The molecule has 0 radical (unpaired) electrons. The smallest absolute Gasteiger partial charge is 0.254 e. The molecule has 2 unspecified atom stereocenters. The van der Waals surface area contributed by atoms with Crippen molar-refractivity contribution in [2.24, 2.45) is 10.9 Å². The van der Waals surface area contributed by atoms with Crippen LogP contribution in [0.1, 0.15) is 36.2 Å². The van der Waals surface area contributed by atoms with Gasteiger partial charge in [0, 0.05) is 17.7 Å². The molecule has 1 aliphatic rings. The summed E-state index contributed by atoms with van der Waals surface area (Å²) in [5.74, 6) is 0.0171. The third-order valence-electron chi connectivity index (χ3n) is 3.74. The molecule has 1 aromatic carbocycles. The summed E-state index contributed by atoms with van der Waals surface area (Å²) in [6, 6.07) is 6.85. The number of benzene rings is 1. The van der Waals surface area contributed by atoms with E-state index in [1.807, 2.05) is 18.7 Å². The highest BCUT2D eigenvalue weighted by Crippen LogP contribution is 2.18. The number of nitrogens with zero attached hydrogens (tertiary/aromatic N) is 2. The zero-order valence-corrected chi connectivity index (χ0v) is 12.3. The molecule has 6 heteroatoms. The molecule has 2 atom stereocenters. The van der Waals surface area contributed by atoms with Crippen LogP contribution in [0.4, 0.5) is 0 Å². The molecular weight excluding hydrogens is 270 g/mol. The van der Waals surface area contributed by atoms with E-state index in [1.165, 1.54) is 0 Å². The summed E-state index contributed by atoms with van der Waals surface area (Å²) in [6.45, 7) is 5.18. The van der Waals surface area contributed by atoms with E-state index in [4.69, 9.17) is 15.7 Å². The van der Waals surface area contributed by atoms with Crippen LogP contribution in [0.3, 0.4) is 0 Å². The Hall–Kier alpha value is -2.08. The average molecular weight is 291 g/mol. The summed E-state index contributed by atoms with van der Waals surface area (Å²) in [7, 11) is 0. The van der Waals surface area contributed by atoms with Crippen LogP contribution in [0.5, 0.6) is 0 Å². The van der Waals surface area contributed by atoms with Crippen LogP contribution in [-0.4, -0.2) is 47.1 Å². The van der Waals surface area contributed by atoms with Gasteiger partial charge in [0.25, 0.3) is 5.91 Å². The summed E-state index contributed by atoms with van der Waals surface area (Å²) < 4.78 is 5.61. The lowest BCUT2D eigenvalue weighted by Gasteiger charge is -2.38. The van der Waals surface area contributed by atoms with Crippen molar-refractivity contribution in [2.75, 3.05) is 13.2 Å². The van der Waals surface area contributed by atoms with Gasteiger partial charge in [-0.3, -0.25) is 4.79 Å². The van der Waals surface area contributed by atoms with Gasteiger partial charge < -0.3 is 20.6 Å². The molecule has 1 heterocycles. The normalized spacial score (nSPS) is 23.1. The lowest BCUT2D eigenvalue weighted by atomic mass is 10.1. The molecule has 0 aliphatic carbocycles. The maximum atomic E-state index is 12.6. The zero-order chi connectivity index (χ0) is 15.4. The lowest BCUT2D eigenvalue weighted by molar-refractivity contribution is -0.0444. The molecule has 0 saturated carbocycles. The Bertz CT molecular complexity index is 527. The molecule has 3 N–H and O–H groups in total. The van der Waals surface area contributed by atoms with E-state index in [2.05, 4.69) is 5.16 Å². The summed E-state index contributed by atoms with van der Waals surface area (Å²) in [6.07, 6.45) is 0.911. The number of hydrogen-bond acceptors (Lipinski definition) is 4. The number of hydrogen-bond donors (Lipinski definition) is 2. The Kier molecular flexibility index (Phi) is 4.80. The molecular formula is C15H21N3O3. The fraction of sp³-hybridized carbons (Fsp3) is 0.467. The second-order valence-corrected chi connectivity index (χ2v) is 5.23. The molecule has 114 valence electrons. The molecule has 0 spiro atoms. The van der Waals surface area contributed by atoms with E-state index in [0.717, 1.165) is 6.42 Å². The Morgan fingerprint density at radius 3 is 2.62 bits per heavy atom. The molecule has 2 rings (SSSR count). The Morgan fingerprint density at radius 2 is 2.05 bits per heavy atom. The minimum absolute atomic E-state index is 0.0111. The van der Waals surface area contributed by atoms with Crippen LogP contribution in [0.15, 0.2) is 29.4 Å². The van der Waals surface area contributed by atoms with Gasteiger partial charge in [0.05, 0.1) is 18.8 Å². The van der Waals surface area contributed by atoms with E-state index < -0.39 is 0 Å². The van der Waals surface area contributed by atoms with Gasteiger partial charge in [-0.25, -0.2) is 0 Å². The highest BCUT2D eigenvalue weighted by molar-refractivity contribution is 5.99. The van der Waals surface area contributed by atoms with E-state index >= 15 is 0 Å². The maximum Gasteiger partial charge on any atom is 0.254 e. The first-order valence-electron chi connectivity index (χ1n) is 7.07. The van der Waals surface area contributed by atoms with Gasteiger partial charge >= 0.3 is 0 Å². The number of amidine groups is 1. The van der Waals surface area contributed by atoms with Crippen molar-refractivity contribution < 1.29 is 14.7 Å². The van der Waals surface area contributed by atoms with Gasteiger partial charge in [-0.05, 0) is 25.5 Å². The van der Waals surface area contributed by atoms with Crippen LogP contribution in [0.25, 0.3) is 0 Å². The van der Waals surface area contributed by atoms with Crippen molar-refractivity contribution in [3.05, 3.63) is 35.4 Å². The van der Waals surface area contributed by atoms with Gasteiger partial charge in [-0.2, -0.15) is 0 Å². The molecule has 1 aliphatic heterocycles. The quantitative estimate of drug-likeness (QED) is 0.381. The molecule has 0 bridgehead atoms. The fourth-order valence-corrected chi connectivity index (χ4v) is 2.44. The molecule has 1 amide bonds. The first-order chi connectivity index (χ1) is 10.1. The van der Waals surface area contributed by atoms with Gasteiger partial charge in [-0.1, -0.05) is 24.2 Å². The van der Waals surface area contributed by atoms with Gasteiger partial charge in [0.1, 0.15) is 0 Å². The van der Waals surface area contributed by atoms with Crippen LogP contribution < -0.4 is 5.73 Å². The Balaban J connectivity index is 2.18. The average Bonchev–Trinajstić information content (AvgIpc) is 2.53. The van der Waals surface area contributed by atoms with Crippen molar-refractivity contribution in [3.8, 4) is 0 Å². The van der Waals surface area contributed by atoms with Crippen LogP contribution >= 0.6 is 0 Å². The Morgan fingerprint density at radius 1 is 1.43 bits per heavy atom. The molecule has 6 nitrogen and oxygen atoms in total. The minimum atomic E-state index is -0.0111. The lowest BCUT2D eigenvalue weighted by Crippen LogP contribution is -2.51. The van der Waals surface area contributed by atoms with Crippen molar-refractivity contribution >= 4 is 11.7 Å².